The Balaban J connectivity index is 1.85. The van der Waals surface area contributed by atoms with Crippen molar-refractivity contribution in [1.29, 1.82) is 0 Å². The number of nitrogens with one attached hydrogen (secondary N) is 1. The highest BCUT2D eigenvalue weighted by molar-refractivity contribution is 5.97. The number of nitrogens with zero attached hydrogens (tertiary/aromatic N) is 1. The molecule has 6 heteroatoms. The summed E-state index contributed by atoms with van der Waals surface area (Å²) in [6, 6.07) is 15.5. The molecule has 0 heterocycles. The molecule has 29 heavy (non-hydrogen) atoms. The highest BCUT2D eigenvalue weighted by atomic mass is 16.5. The van der Waals surface area contributed by atoms with Gasteiger partial charge in [-0.15, -0.1) is 0 Å². The van der Waals surface area contributed by atoms with E-state index >= 15 is 0 Å². The Kier molecular flexibility index (Phi) is 8.52. The first-order chi connectivity index (χ1) is 13.9. The van der Waals surface area contributed by atoms with Crippen molar-refractivity contribution in [2.24, 2.45) is 0 Å². The summed E-state index contributed by atoms with van der Waals surface area (Å²) in [5.74, 6) is 0.875. The number of methoxy groups -OCH3 is 2. The summed E-state index contributed by atoms with van der Waals surface area (Å²) < 4.78 is 10.5. The van der Waals surface area contributed by atoms with Crippen LogP contribution in [0.3, 0.4) is 0 Å². The van der Waals surface area contributed by atoms with Gasteiger partial charge >= 0.3 is 0 Å². The molecule has 0 saturated carbocycles. The molecule has 1 N–H and O–H groups in total. The van der Waals surface area contributed by atoms with E-state index in [0.717, 1.165) is 11.1 Å². The van der Waals surface area contributed by atoms with Crippen LogP contribution in [0.2, 0.25) is 0 Å². The first kappa shape index (κ1) is 22.3. The Morgan fingerprint density at radius 1 is 0.966 bits per heavy atom. The highest BCUT2D eigenvalue weighted by Gasteiger charge is 2.20. The second kappa shape index (κ2) is 11.1. The monoisotopic (exact) mass is 398 g/mol. The largest absolute Gasteiger partial charge is 0.493 e. The van der Waals surface area contributed by atoms with Gasteiger partial charge in [-0.2, -0.15) is 0 Å². The molecular weight excluding hydrogens is 368 g/mol. The van der Waals surface area contributed by atoms with Crippen molar-refractivity contribution in [3.05, 3.63) is 59.7 Å². The van der Waals surface area contributed by atoms with Crippen molar-refractivity contribution >= 4 is 11.8 Å². The van der Waals surface area contributed by atoms with Gasteiger partial charge in [0, 0.05) is 19.1 Å². The van der Waals surface area contributed by atoms with Gasteiger partial charge in [-0.25, -0.2) is 0 Å². The Hall–Kier alpha value is -3.02. The van der Waals surface area contributed by atoms with Gasteiger partial charge in [-0.1, -0.05) is 36.4 Å². The third-order valence-electron chi connectivity index (χ3n) is 4.64. The fourth-order valence-electron chi connectivity index (χ4n) is 3.02. The maximum Gasteiger partial charge on any atom is 0.232 e. The average Bonchev–Trinajstić information content (AvgIpc) is 2.72. The number of benzene rings is 2. The molecule has 0 aliphatic heterocycles. The van der Waals surface area contributed by atoms with Crippen LogP contribution in [0.5, 0.6) is 11.5 Å². The number of amides is 2. The van der Waals surface area contributed by atoms with Crippen LogP contribution < -0.4 is 14.8 Å². The minimum absolute atomic E-state index is 0.0160. The normalized spacial score (nSPS) is 10.5. The molecule has 0 aliphatic rings. The number of rotatable bonds is 10. The van der Waals surface area contributed by atoms with Crippen LogP contribution in [0.25, 0.3) is 0 Å². The van der Waals surface area contributed by atoms with E-state index in [1.165, 1.54) is 0 Å². The van der Waals surface area contributed by atoms with Crippen LogP contribution >= 0.6 is 0 Å². The van der Waals surface area contributed by atoms with Crippen LogP contribution in [-0.2, 0) is 22.6 Å². The summed E-state index contributed by atoms with van der Waals surface area (Å²) >= 11 is 0. The molecule has 0 bridgehead atoms. The van der Waals surface area contributed by atoms with Crippen molar-refractivity contribution in [3.8, 4) is 11.5 Å². The molecule has 0 atom stereocenters. The molecule has 0 spiro atoms. The quantitative estimate of drug-likeness (QED) is 0.624. The van der Waals surface area contributed by atoms with E-state index in [1.54, 1.807) is 19.1 Å². The number of hydrogen-bond acceptors (Lipinski definition) is 4. The Bertz CT molecular complexity index is 806. The molecule has 0 unspecified atom stereocenters. The summed E-state index contributed by atoms with van der Waals surface area (Å²) in [7, 11) is 3.18. The minimum Gasteiger partial charge on any atom is -0.493 e. The molecule has 6 nitrogen and oxygen atoms in total. The van der Waals surface area contributed by atoms with Crippen molar-refractivity contribution in [2.45, 2.75) is 39.3 Å². The first-order valence-corrected chi connectivity index (χ1v) is 9.75. The zero-order chi connectivity index (χ0) is 21.2. The lowest BCUT2D eigenvalue weighted by Gasteiger charge is -2.26. The third-order valence-corrected chi connectivity index (χ3v) is 4.64. The minimum atomic E-state index is -0.269. The first-order valence-electron chi connectivity index (χ1n) is 9.75. The van der Waals surface area contributed by atoms with E-state index in [4.69, 9.17) is 9.47 Å². The zero-order valence-corrected chi connectivity index (χ0v) is 17.6. The summed E-state index contributed by atoms with van der Waals surface area (Å²) in [6.45, 7) is 4.85. The predicted molar refractivity (Wildman–Crippen MR) is 113 cm³/mol. The molecule has 0 aliphatic carbocycles. The molecule has 2 amide bonds. The second-order valence-electron chi connectivity index (χ2n) is 7.07. The summed E-state index contributed by atoms with van der Waals surface area (Å²) in [6.07, 6.45) is 0.481. The number of carbonyl (C=O) groups is 2. The van der Waals surface area contributed by atoms with E-state index in [1.807, 2.05) is 62.4 Å². The van der Waals surface area contributed by atoms with Gasteiger partial charge in [-0.05, 0) is 43.5 Å². The Morgan fingerprint density at radius 3 is 2.28 bits per heavy atom. The van der Waals surface area contributed by atoms with E-state index in [2.05, 4.69) is 5.32 Å². The van der Waals surface area contributed by atoms with Gasteiger partial charge in [-0.3, -0.25) is 9.59 Å². The van der Waals surface area contributed by atoms with Crippen LogP contribution in [0.15, 0.2) is 48.5 Å². The number of ether oxygens (including phenoxy) is 2. The standard InChI is InChI=1S/C23H30N2O4/c1-17(2)25(16-19-8-6-5-7-9-19)23(27)15-22(26)24-13-12-18-10-11-20(28-3)21(14-18)29-4/h5-11,14,17H,12-13,15-16H2,1-4H3,(H,24,26). The molecule has 0 fully saturated rings. The Morgan fingerprint density at radius 2 is 1.66 bits per heavy atom. The molecule has 2 rings (SSSR count). The second-order valence-corrected chi connectivity index (χ2v) is 7.07. The number of carbonyl (C=O) groups excluding carboxylic acids is 2. The summed E-state index contributed by atoms with van der Waals surface area (Å²) in [5.41, 5.74) is 2.06. The van der Waals surface area contributed by atoms with Crippen LogP contribution in [0.1, 0.15) is 31.4 Å². The number of hydrogen-bond donors (Lipinski definition) is 1. The van der Waals surface area contributed by atoms with Gasteiger partial charge in [0.05, 0.1) is 14.2 Å². The smallest absolute Gasteiger partial charge is 0.232 e. The van der Waals surface area contributed by atoms with Gasteiger partial charge in [0.1, 0.15) is 6.42 Å². The maximum atomic E-state index is 12.6. The fourth-order valence-corrected chi connectivity index (χ4v) is 3.02. The lowest BCUT2D eigenvalue weighted by Crippen LogP contribution is -2.39. The molecule has 0 saturated heterocycles. The van der Waals surface area contributed by atoms with Gasteiger partial charge in [0.15, 0.2) is 11.5 Å². The fraction of sp³-hybridized carbons (Fsp3) is 0.391. The molecule has 0 aromatic heterocycles. The third kappa shape index (κ3) is 6.82. The molecular formula is C23H30N2O4. The van der Waals surface area contributed by atoms with Gasteiger partial charge in [0.25, 0.3) is 0 Å². The van der Waals surface area contributed by atoms with Crippen molar-refractivity contribution in [1.82, 2.24) is 10.2 Å². The van der Waals surface area contributed by atoms with Gasteiger partial charge < -0.3 is 19.7 Å². The molecule has 0 radical (unpaired) electrons. The van der Waals surface area contributed by atoms with Crippen molar-refractivity contribution < 1.29 is 19.1 Å². The van der Waals surface area contributed by atoms with Crippen LogP contribution in [0, 0.1) is 0 Å². The summed E-state index contributed by atoms with van der Waals surface area (Å²) in [5, 5.41) is 2.83. The van der Waals surface area contributed by atoms with E-state index in [0.29, 0.717) is 31.0 Å². The predicted octanol–water partition coefficient (Wildman–Crippen LogP) is 3.19. The maximum absolute atomic E-state index is 12.6. The van der Waals surface area contributed by atoms with Crippen LogP contribution in [-0.4, -0.2) is 43.5 Å². The van der Waals surface area contributed by atoms with E-state index < -0.39 is 0 Å². The highest BCUT2D eigenvalue weighted by Crippen LogP contribution is 2.27. The lowest BCUT2D eigenvalue weighted by atomic mass is 10.1. The molecule has 2 aromatic rings. The van der Waals surface area contributed by atoms with E-state index in [9.17, 15) is 9.59 Å². The van der Waals surface area contributed by atoms with Crippen molar-refractivity contribution in [2.75, 3.05) is 20.8 Å². The SMILES string of the molecule is COc1ccc(CCNC(=O)CC(=O)N(Cc2ccccc2)C(C)C)cc1OC. The van der Waals surface area contributed by atoms with Gasteiger partial charge in [0.2, 0.25) is 11.8 Å². The topological polar surface area (TPSA) is 67.9 Å². The molecule has 2 aromatic carbocycles. The zero-order valence-electron chi connectivity index (χ0n) is 17.6. The Labute approximate surface area is 172 Å². The summed E-state index contributed by atoms with van der Waals surface area (Å²) in [4.78, 5) is 26.6. The van der Waals surface area contributed by atoms with E-state index in [-0.39, 0.29) is 24.3 Å². The average molecular weight is 399 g/mol. The van der Waals surface area contributed by atoms with Crippen molar-refractivity contribution in [3.63, 3.8) is 0 Å². The molecule has 156 valence electrons. The van der Waals surface area contributed by atoms with Crippen LogP contribution in [0.4, 0.5) is 0 Å². The lowest BCUT2D eigenvalue weighted by molar-refractivity contribution is -0.137.